The number of nitrogens with one attached hydrogen (secondary N) is 1. The van der Waals surface area contributed by atoms with Gasteiger partial charge in [0.05, 0.1) is 6.54 Å². The van der Waals surface area contributed by atoms with E-state index in [4.69, 9.17) is 11.6 Å². The first-order valence-electron chi connectivity index (χ1n) is 7.32. The van der Waals surface area contributed by atoms with Gasteiger partial charge in [0.25, 0.3) is 0 Å². The van der Waals surface area contributed by atoms with Gasteiger partial charge < -0.3 is 10.2 Å². The normalized spacial score (nSPS) is 10.5. The van der Waals surface area contributed by atoms with Crippen LogP contribution in [0, 0.1) is 26.6 Å². The third-order valence-electron chi connectivity index (χ3n) is 3.71. The number of carbonyl (C=O) groups is 1. The predicted octanol–water partition coefficient (Wildman–Crippen LogP) is 5.07. The summed E-state index contributed by atoms with van der Waals surface area (Å²) in [6.07, 6.45) is 0. The molecular weight excluding hydrogens is 315 g/mol. The molecule has 1 N–H and O–H groups in total. The van der Waals surface area contributed by atoms with E-state index in [9.17, 15) is 9.18 Å². The standard InChI is InChI=1S/C18H20ClFN2O/c1-11-8-12(2)17(13(3)9-11)21-18(23)22(4)10-14-15(19)6-5-7-16(14)20/h5-9H,10H2,1-4H3,(H,21,23). The van der Waals surface area contributed by atoms with Gasteiger partial charge in [-0.15, -0.1) is 0 Å². The zero-order chi connectivity index (χ0) is 17.1. The molecule has 2 amide bonds. The summed E-state index contributed by atoms with van der Waals surface area (Å²) in [6, 6.07) is 8.20. The van der Waals surface area contributed by atoms with Crippen LogP contribution < -0.4 is 5.32 Å². The SMILES string of the molecule is Cc1cc(C)c(NC(=O)N(C)Cc2c(F)cccc2Cl)c(C)c1. The third kappa shape index (κ3) is 4.02. The van der Waals surface area contributed by atoms with Crippen LogP contribution >= 0.6 is 11.6 Å². The zero-order valence-corrected chi connectivity index (χ0v) is 14.5. The zero-order valence-electron chi connectivity index (χ0n) is 13.7. The molecule has 0 saturated heterocycles. The number of rotatable bonds is 3. The fraction of sp³-hybridized carbons (Fsp3) is 0.278. The van der Waals surface area contributed by atoms with Gasteiger partial charge in [-0.3, -0.25) is 0 Å². The van der Waals surface area contributed by atoms with E-state index in [2.05, 4.69) is 5.32 Å². The molecule has 0 heterocycles. The number of amides is 2. The maximum Gasteiger partial charge on any atom is 0.321 e. The predicted molar refractivity (Wildman–Crippen MR) is 92.5 cm³/mol. The Morgan fingerprint density at radius 3 is 2.39 bits per heavy atom. The van der Waals surface area contributed by atoms with Crippen LogP contribution in [0.1, 0.15) is 22.3 Å². The van der Waals surface area contributed by atoms with Crippen molar-refractivity contribution >= 4 is 23.3 Å². The molecule has 5 heteroatoms. The molecular formula is C18H20ClFN2O. The van der Waals surface area contributed by atoms with Crippen molar-refractivity contribution in [3.8, 4) is 0 Å². The lowest BCUT2D eigenvalue weighted by Gasteiger charge is -2.21. The van der Waals surface area contributed by atoms with Gasteiger partial charge in [-0.05, 0) is 44.0 Å². The van der Waals surface area contributed by atoms with Crippen LogP contribution in [0.5, 0.6) is 0 Å². The molecule has 0 atom stereocenters. The largest absolute Gasteiger partial charge is 0.323 e. The number of urea groups is 1. The maximum absolute atomic E-state index is 13.8. The summed E-state index contributed by atoms with van der Waals surface area (Å²) >= 11 is 6.01. The molecule has 0 aliphatic rings. The van der Waals surface area contributed by atoms with Crippen molar-refractivity contribution in [2.24, 2.45) is 0 Å². The van der Waals surface area contributed by atoms with Gasteiger partial charge in [-0.1, -0.05) is 35.4 Å². The van der Waals surface area contributed by atoms with E-state index in [1.165, 1.54) is 11.0 Å². The van der Waals surface area contributed by atoms with E-state index in [0.717, 1.165) is 22.4 Å². The number of nitrogens with zero attached hydrogens (tertiary/aromatic N) is 1. The van der Waals surface area contributed by atoms with E-state index >= 15 is 0 Å². The van der Waals surface area contributed by atoms with Crippen molar-refractivity contribution in [2.45, 2.75) is 27.3 Å². The van der Waals surface area contributed by atoms with Gasteiger partial charge in [-0.25, -0.2) is 9.18 Å². The molecule has 0 radical (unpaired) electrons. The topological polar surface area (TPSA) is 32.3 Å². The number of hydrogen-bond acceptors (Lipinski definition) is 1. The van der Waals surface area contributed by atoms with Crippen LogP contribution in [0.15, 0.2) is 30.3 Å². The van der Waals surface area contributed by atoms with Crippen LogP contribution in [0.4, 0.5) is 14.9 Å². The molecule has 0 aliphatic carbocycles. The van der Waals surface area contributed by atoms with Crippen LogP contribution in [-0.2, 0) is 6.54 Å². The molecule has 0 spiro atoms. The lowest BCUT2D eigenvalue weighted by molar-refractivity contribution is 0.220. The summed E-state index contributed by atoms with van der Waals surface area (Å²) in [4.78, 5) is 13.8. The Morgan fingerprint density at radius 1 is 1.22 bits per heavy atom. The fourth-order valence-corrected chi connectivity index (χ4v) is 2.79. The number of anilines is 1. The van der Waals surface area contributed by atoms with Gasteiger partial charge in [0.15, 0.2) is 0 Å². The smallest absolute Gasteiger partial charge is 0.321 e. The molecule has 0 unspecified atom stereocenters. The van der Waals surface area contributed by atoms with E-state index < -0.39 is 5.82 Å². The molecule has 3 nitrogen and oxygen atoms in total. The van der Waals surface area contributed by atoms with E-state index in [0.29, 0.717) is 10.6 Å². The van der Waals surface area contributed by atoms with Gasteiger partial charge in [0.2, 0.25) is 0 Å². The van der Waals surface area contributed by atoms with Crippen molar-refractivity contribution in [3.05, 3.63) is 63.4 Å². The van der Waals surface area contributed by atoms with Gasteiger partial charge >= 0.3 is 6.03 Å². The summed E-state index contributed by atoms with van der Waals surface area (Å²) in [5.74, 6) is -0.417. The van der Waals surface area contributed by atoms with Crippen LogP contribution in [0.25, 0.3) is 0 Å². The lowest BCUT2D eigenvalue weighted by atomic mass is 10.1. The molecule has 0 fully saturated rings. The highest BCUT2D eigenvalue weighted by molar-refractivity contribution is 6.31. The second-order valence-corrected chi connectivity index (χ2v) is 6.17. The fourth-order valence-electron chi connectivity index (χ4n) is 2.57. The molecule has 2 aromatic rings. The summed E-state index contributed by atoms with van der Waals surface area (Å²) in [5, 5.41) is 3.20. The third-order valence-corrected chi connectivity index (χ3v) is 4.07. The lowest BCUT2D eigenvalue weighted by Crippen LogP contribution is -2.31. The molecule has 2 aromatic carbocycles. The van der Waals surface area contributed by atoms with Crippen LogP contribution in [-0.4, -0.2) is 18.0 Å². The average molecular weight is 335 g/mol. The van der Waals surface area contributed by atoms with Gasteiger partial charge in [-0.2, -0.15) is 0 Å². The Morgan fingerprint density at radius 2 is 1.83 bits per heavy atom. The van der Waals surface area contributed by atoms with E-state index in [1.54, 1.807) is 19.2 Å². The number of halogens is 2. The molecule has 0 bridgehead atoms. The first kappa shape index (κ1) is 17.3. The highest BCUT2D eigenvalue weighted by Crippen LogP contribution is 2.23. The Balaban J connectivity index is 2.15. The Bertz CT molecular complexity index is 703. The molecule has 122 valence electrons. The number of carbonyl (C=O) groups excluding carboxylic acids is 1. The highest BCUT2D eigenvalue weighted by atomic mass is 35.5. The summed E-state index contributed by atoms with van der Waals surface area (Å²) < 4.78 is 13.8. The van der Waals surface area contributed by atoms with Gasteiger partial charge in [0, 0.05) is 23.3 Å². The number of benzene rings is 2. The minimum Gasteiger partial charge on any atom is -0.323 e. The average Bonchev–Trinajstić information content (AvgIpc) is 2.46. The first-order chi connectivity index (χ1) is 10.8. The molecule has 0 aromatic heterocycles. The Hall–Kier alpha value is -2.07. The highest BCUT2D eigenvalue weighted by Gasteiger charge is 2.16. The van der Waals surface area contributed by atoms with Crippen molar-refractivity contribution < 1.29 is 9.18 Å². The van der Waals surface area contributed by atoms with E-state index in [1.807, 2.05) is 32.9 Å². The van der Waals surface area contributed by atoms with Crippen LogP contribution in [0.2, 0.25) is 5.02 Å². The molecule has 23 heavy (non-hydrogen) atoms. The van der Waals surface area contributed by atoms with Crippen molar-refractivity contribution in [3.63, 3.8) is 0 Å². The summed E-state index contributed by atoms with van der Waals surface area (Å²) in [6.45, 7) is 6.01. The molecule has 0 saturated carbocycles. The van der Waals surface area contributed by atoms with Crippen molar-refractivity contribution in [1.29, 1.82) is 0 Å². The quantitative estimate of drug-likeness (QED) is 0.835. The first-order valence-corrected chi connectivity index (χ1v) is 7.70. The number of aryl methyl sites for hydroxylation is 3. The minimum absolute atomic E-state index is 0.0985. The number of hydrogen-bond donors (Lipinski definition) is 1. The monoisotopic (exact) mass is 334 g/mol. The van der Waals surface area contributed by atoms with Gasteiger partial charge in [0.1, 0.15) is 5.82 Å². The van der Waals surface area contributed by atoms with Crippen molar-refractivity contribution in [2.75, 3.05) is 12.4 Å². The van der Waals surface area contributed by atoms with Crippen molar-refractivity contribution in [1.82, 2.24) is 4.90 Å². The second kappa shape index (κ2) is 7.01. The summed E-state index contributed by atoms with van der Waals surface area (Å²) in [7, 11) is 1.61. The van der Waals surface area contributed by atoms with Crippen LogP contribution in [0.3, 0.4) is 0 Å². The van der Waals surface area contributed by atoms with E-state index in [-0.39, 0.29) is 12.6 Å². The Kier molecular flexibility index (Phi) is 5.26. The second-order valence-electron chi connectivity index (χ2n) is 5.76. The maximum atomic E-state index is 13.8. The molecule has 2 rings (SSSR count). The summed E-state index contributed by atoms with van der Waals surface area (Å²) in [5.41, 5.74) is 4.22. The Labute approximate surface area is 141 Å². The minimum atomic E-state index is -0.417. The molecule has 0 aliphatic heterocycles.